The van der Waals surface area contributed by atoms with E-state index in [4.69, 9.17) is 11.6 Å². The molecule has 0 atom stereocenters. The third-order valence-electron chi connectivity index (χ3n) is 4.30. The molecule has 2 heterocycles. The number of hydrogen-bond donors (Lipinski definition) is 1. The monoisotopic (exact) mass is 510 g/mol. The van der Waals surface area contributed by atoms with E-state index in [-0.39, 0.29) is 24.0 Å². The first-order valence-electron chi connectivity index (χ1n) is 8.69. The summed E-state index contributed by atoms with van der Waals surface area (Å²) >= 11 is 6.28. The summed E-state index contributed by atoms with van der Waals surface area (Å²) in [6.45, 7) is 3.22. The number of rotatable bonds is 5. The smallest absolute Gasteiger partial charge is 0.193 e. The van der Waals surface area contributed by atoms with Crippen LogP contribution in [0.15, 0.2) is 60.0 Å². The van der Waals surface area contributed by atoms with Crippen LogP contribution in [0.1, 0.15) is 17.0 Å². The van der Waals surface area contributed by atoms with Gasteiger partial charge < -0.3 is 10.2 Å². The molecule has 0 aliphatic carbocycles. The van der Waals surface area contributed by atoms with Gasteiger partial charge in [0.1, 0.15) is 11.6 Å². The topological polar surface area (TPSA) is 58.3 Å². The lowest BCUT2D eigenvalue weighted by molar-refractivity contribution is 0.476. The van der Waals surface area contributed by atoms with Crippen molar-refractivity contribution in [3.8, 4) is 5.82 Å². The van der Waals surface area contributed by atoms with E-state index in [2.05, 4.69) is 26.3 Å². The average molecular weight is 511 g/mol. The minimum atomic E-state index is 0. The maximum Gasteiger partial charge on any atom is 0.193 e. The van der Waals surface area contributed by atoms with Crippen molar-refractivity contribution in [1.29, 1.82) is 0 Å². The van der Waals surface area contributed by atoms with Crippen LogP contribution < -0.4 is 5.32 Å². The highest BCUT2D eigenvalue weighted by Crippen LogP contribution is 2.17. The summed E-state index contributed by atoms with van der Waals surface area (Å²) in [6, 6.07) is 11.8. The van der Waals surface area contributed by atoms with E-state index in [1.807, 2.05) is 60.0 Å². The first-order valence-corrected chi connectivity index (χ1v) is 9.07. The Balaban J connectivity index is 0.00000280. The van der Waals surface area contributed by atoms with Crippen molar-refractivity contribution < 1.29 is 0 Å². The van der Waals surface area contributed by atoms with Crippen LogP contribution >= 0.6 is 35.6 Å². The van der Waals surface area contributed by atoms with E-state index in [1.165, 1.54) is 0 Å². The number of pyridine rings is 1. The lowest BCUT2D eigenvalue weighted by Gasteiger charge is -2.23. The number of imidazole rings is 1. The van der Waals surface area contributed by atoms with Crippen molar-refractivity contribution in [2.75, 3.05) is 14.1 Å². The summed E-state index contributed by atoms with van der Waals surface area (Å²) in [6.07, 6.45) is 5.48. The van der Waals surface area contributed by atoms with Gasteiger partial charge in [-0.1, -0.05) is 35.9 Å². The molecule has 0 bridgehead atoms. The summed E-state index contributed by atoms with van der Waals surface area (Å²) in [5.41, 5.74) is 2.12. The van der Waals surface area contributed by atoms with Crippen molar-refractivity contribution in [2.24, 2.45) is 4.99 Å². The van der Waals surface area contributed by atoms with Gasteiger partial charge in [-0.25, -0.2) is 9.97 Å². The number of aliphatic imine (C=N–C) groups is 1. The maximum atomic E-state index is 6.28. The van der Waals surface area contributed by atoms with Gasteiger partial charge in [-0.05, 0) is 24.6 Å². The Bertz CT molecular complexity index is 940. The molecule has 0 spiro atoms. The van der Waals surface area contributed by atoms with Crippen LogP contribution in [0, 0.1) is 6.92 Å². The van der Waals surface area contributed by atoms with E-state index >= 15 is 0 Å². The number of aromatic nitrogens is 3. The van der Waals surface area contributed by atoms with Crippen molar-refractivity contribution in [3.63, 3.8) is 0 Å². The molecule has 6 nitrogen and oxygen atoms in total. The summed E-state index contributed by atoms with van der Waals surface area (Å²) in [4.78, 5) is 15.2. The summed E-state index contributed by atoms with van der Waals surface area (Å²) in [5, 5.41) is 4.16. The van der Waals surface area contributed by atoms with E-state index < -0.39 is 0 Å². The summed E-state index contributed by atoms with van der Waals surface area (Å²) in [5.74, 6) is 2.55. The number of hydrogen-bond acceptors (Lipinski definition) is 3. The normalized spacial score (nSPS) is 11.1. The molecule has 0 aliphatic heterocycles. The predicted octanol–water partition coefficient (Wildman–Crippen LogP) is 4.05. The van der Waals surface area contributed by atoms with Crippen molar-refractivity contribution in [1.82, 2.24) is 24.8 Å². The average Bonchev–Trinajstić information content (AvgIpc) is 3.10. The molecule has 0 saturated carbocycles. The zero-order valence-corrected chi connectivity index (χ0v) is 19.2. The number of nitrogens with zero attached hydrogens (tertiary/aromatic N) is 5. The molecule has 1 N–H and O–H groups in total. The molecule has 0 unspecified atom stereocenters. The Labute approximate surface area is 187 Å². The van der Waals surface area contributed by atoms with Gasteiger partial charge in [-0.15, -0.1) is 24.0 Å². The number of benzene rings is 1. The van der Waals surface area contributed by atoms with Crippen LogP contribution in [-0.2, 0) is 13.1 Å². The van der Waals surface area contributed by atoms with Crippen LogP contribution in [-0.4, -0.2) is 39.5 Å². The van der Waals surface area contributed by atoms with Crippen LogP contribution in [0.4, 0.5) is 0 Å². The van der Waals surface area contributed by atoms with Gasteiger partial charge in [0, 0.05) is 56.4 Å². The molecule has 1 aromatic carbocycles. The Morgan fingerprint density at radius 1 is 1.14 bits per heavy atom. The lowest BCUT2D eigenvalue weighted by atomic mass is 10.2. The van der Waals surface area contributed by atoms with E-state index in [9.17, 15) is 0 Å². The van der Waals surface area contributed by atoms with Gasteiger partial charge in [-0.3, -0.25) is 9.56 Å². The highest BCUT2D eigenvalue weighted by molar-refractivity contribution is 14.0. The molecule has 0 fully saturated rings. The van der Waals surface area contributed by atoms with Gasteiger partial charge in [0.2, 0.25) is 0 Å². The molecule has 148 valence electrons. The number of aryl methyl sites for hydroxylation is 1. The molecule has 28 heavy (non-hydrogen) atoms. The highest BCUT2D eigenvalue weighted by atomic mass is 127. The number of guanidine groups is 1. The fourth-order valence-electron chi connectivity index (χ4n) is 2.90. The molecular weight excluding hydrogens is 487 g/mol. The summed E-state index contributed by atoms with van der Waals surface area (Å²) in [7, 11) is 3.76. The van der Waals surface area contributed by atoms with E-state index in [0.29, 0.717) is 13.1 Å². The second-order valence-electron chi connectivity index (χ2n) is 6.18. The second kappa shape index (κ2) is 10.4. The quantitative estimate of drug-likeness (QED) is 0.320. The van der Waals surface area contributed by atoms with Gasteiger partial charge in [0.05, 0.1) is 0 Å². The zero-order chi connectivity index (χ0) is 19.2. The number of nitrogens with one attached hydrogen (secondary N) is 1. The van der Waals surface area contributed by atoms with E-state index in [0.717, 1.165) is 33.8 Å². The molecule has 3 rings (SSSR count). The maximum absolute atomic E-state index is 6.28. The minimum Gasteiger partial charge on any atom is -0.352 e. The fraction of sp³-hybridized carbons (Fsp3) is 0.250. The third-order valence-corrected chi connectivity index (χ3v) is 4.67. The third kappa shape index (κ3) is 5.23. The van der Waals surface area contributed by atoms with Crippen molar-refractivity contribution >= 4 is 41.5 Å². The fourth-order valence-corrected chi connectivity index (χ4v) is 3.10. The van der Waals surface area contributed by atoms with Crippen molar-refractivity contribution in [3.05, 3.63) is 77.0 Å². The molecule has 3 aromatic rings. The highest BCUT2D eigenvalue weighted by Gasteiger charge is 2.12. The lowest BCUT2D eigenvalue weighted by Crippen LogP contribution is -2.38. The van der Waals surface area contributed by atoms with Gasteiger partial charge in [0.15, 0.2) is 5.96 Å². The Morgan fingerprint density at radius 3 is 2.57 bits per heavy atom. The first-order chi connectivity index (χ1) is 13.1. The second-order valence-corrected chi connectivity index (χ2v) is 6.59. The molecule has 0 radical (unpaired) electrons. The van der Waals surface area contributed by atoms with Crippen LogP contribution in [0.25, 0.3) is 5.82 Å². The standard InChI is InChI=1S/C20H23ClN6.HI/c1-15-23-11-12-27(15)19-16(8-6-10-24-19)13-25-20(22-2)26(3)14-17-7-4-5-9-18(17)21;/h4-12H,13-14H2,1-3H3,(H,22,25);1H. The van der Waals surface area contributed by atoms with Crippen LogP contribution in [0.2, 0.25) is 5.02 Å². The molecule has 0 amide bonds. The number of halogens is 2. The Kier molecular flexibility index (Phi) is 8.25. The molecule has 2 aromatic heterocycles. The largest absolute Gasteiger partial charge is 0.352 e. The van der Waals surface area contributed by atoms with Gasteiger partial charge in [0.25, 0.3) is 0 Å². The molecular formula is C20H24ClIN6. The Morgan fingerprint density at radius 2 is 1.89 bits per heavy atom. The van der Waals surface area contributed by atoms with Gasteiger partial charge >= 0.3 is 0 Å². The predicted molar refractivity (Wildman–Crippen MR) is 125 cm³/mol. The first kappa shape index (κ1) is 22.2. The van der Waals surface area contributed by atoms with E-state index in [1.54, 1.807) is 19.4 Å². The Hall–Kier alpha value is -2.13. The van der Waals surface area contributed by atoms with Crippen LogP contribution in [0.5, 0.6) is 0 Å². The molecule has 0 saturated heterocycles. The minimum absolute atomic E-state index is 0. The van der Waals surface area contributed by atoms with Crippen LogP contribution in [0.3, 0.4) is 0 Å². The molecule has 0 aliphatic rings. The van der Waals surface area contributed by atoms with Crippen molar-refractivity contribution in [2.45, 2.75) is 20.0 Å². The SMILES string of the molecule is CN=C(NCc1cccnc1-n1ccnc1C)N(C)Cc1ccccc1Cl.I. The molecule has 8 heteroatoms. The van der Waals surface area contributed by atoms with Gasteiger partial charge in [-0.2, -0.15) is 0 Å². The zero-order valence-electron chi connectivity index (χ0n) is 16.1. The summed E-state index contributed by atoms with van der Waals surface area (Å²) < 4.78 is 1.98.